The molecule has 0 spiro atoms. The summed E-state index contributed by atoms with van der Waals surface area (Å²) in [6.45, 7) is 3.52. The number of aromatic nitrogens is 1. The molecular formula is C20H25N3O. The Morgan fingerprint density at radius 3 is 2.46 bits per heavy atom. The zero-order valence-corrected chi connectivity index (χ0v) is 14.5. The Kier molecular flexibility index (Phi) is 4.84. The Morgan fingerprint density at radius 2 is 1.83 bits per heavy atom. The Labute approximate surface area is 143 Å². The van der Waals surface area contributed by atoms with E-state index in [4.69, 9.17) is 0 Å². The maximum absolute atomic E-state index is 12.3. The third kappa shape index (κ3) is 3.94. The van der Waals surface area contributed by atoms with Crippen LogP contribution in [0.4, 0.5) is 4.79 Å². The fourth-order valence-corrected chi connectivity index (χ4v) is 2.95. The normalized spacial score (nSPS) is 14.9. The minimum atomic E-state index is 0.00226. The van der Waals surface area contributed by atoms with E-state index < -0.39 is 0 Å². The van der Waals surface area contributed by atoms with E-state index in [1.165, 1.54) is 16.7 Å². The number of nitrogens with one attached hydrogen (secondary N) is 1. The van der Waals surface area contributed by atoms with E-state index in [0.717, 1.165) is 19.3 Å². The van der Waals surface area contributed by atoms with E-state index >= 15 is 0 Å². The summed E-state index contributed by atoms with van der Waals surface area (Å²) < 4.78 is 0. The standard InChI is InChI=1S/C20H25N3O/c1-16-3-5-18(6-4-16)20(10-11-20)15-22-19(24)23(2)14-9-17-7-12-21-13-8-17/h3-8,12-13H,9-11,14-15H2,1-2H3,(H,22,24). The first kappa shape index (κ1) is 16.5. The lowest BCUT2D eigenvalue weighted by Gasteiger charge is -2.21. The van der Waals surface area contributed by atoms with Crippen molar-refractivity contribution in [3.05, 3.63) is 65.5 Å². The van der Waals surface area contributed by atoms with Crippen LogP contribution in [0, 0.1) is 6.92 Å². The van der Waals surface area contributed by atoms with Crippen molar-refractivity contribution < 1.29 is 4.79 Å². The van der Waals surface area contributed by atoms with Crippen molar-refractivity contribution in [3.63, 3.8) is 0 Å². The largest absolute Gasteiger partial charge is 0.337 e. The van der Waals surface area contributed by atoms with Crippen LogP contribution in [0.3, 0.4) is 0 Å². The first-order chi connectivity index (χ1) is 11.6. The molecule has 1 aliphatic carbocycles. The van der Waals surface area contributed by atoms with Gasteiger partial charge in [0.05, 0.1) is 0 Å². The van der Waals surface area contributed by atoms with Crippen molar-refractivity contribution in [3.8, 4) is 0 Å². The van der Waals surface area contributed by atoms with Crippen LogP contribution in [-0.4, -0.2) is 36.1 Å². The van der Waals surface area contributed by atoms with Crippen molar-refractivity contribution in [1.29, 1.82) is 0 Å². The van der Waals surface area contributed by atoms with Gasteiger partial charge in [0.1, 0.15) is 0 Å². The molecule has 1 aliphatic rings. The third-order valence-electron chi connectivity index (χ3n) is 4.93. The van der Waals surface area contributed by atoms with Crippen LogP contribution >= 0.6 is 0 Å². The van der Waals surface area contributed by atoms with Crippen molar-refractivity contribution in [2.24, 2.45) is 0 Å². The molecule has 4 nitrogen and oxygen atoms in total. The molecule has 0 atom stereocenters. The second-order valence-corrected chi connectivity index (χ2v) is 6.83. The lowest BCUT2D eigenvalue weighted by molar-refractivity contribution is 0.208. The van der Waals surface area contributed by atoms with Gasteiger partial charge >= 0.3 is 6.03 Å². The van der Waals surface area contributed by atoms with Crippen molar-refractivity contribution in [1.82, 2.24) is 15.2 Å². The number of benzene rings is 1. The van der Waals surface area contributed by atoms with Gasteiger partial charge in [0.25, 0.3) is 0 Å². The number of urea groups is 1. The highest BCUT2D eigenvalue weighted by atomic mass is 16.2. The molecule has 1 heterocycles. The average molecular weight is 323 g/mol. The number of likely N-dealkylation sites (N-methyl/N-ethyl adjacent to an activating group) is 1. The Morgan fingerprint density at radius 1 is 1.17 bits per heavy atom. The van der Waals surface area contributed by atoms with Gasteiger partial charge in [-0.05, 0) is 49.4 Å². The van der Waals surface area contributed by atoms with E-state index in [1.807, 2.05) is 19.2 Å². The number of hydrogen-bond donors (Lipinski definition) is 1. The SMILES string of the molecule is Cc1ccc(C2(CNC(=O)N(C)CCc3ccncc3)CC2)cc1. The van der Waals surface area contributed by atoms with Gasteiger partial charge in [0.2, 0.25) is 0 Å². The van der Waals surface area contributed by atoms with Gasteiger partial charge in [-0.2, -0.15) is 0 Å². The highest BCUT2D eigenvalue weighted by Crippen LogP contribution is 2.47. The molecule has 2 aromatic rings. The van der Waals surface area contributed by atoms with E-state index in [-0.39, 0.29) is 11.4 Å². The molecule has 1 aromatic heterocycles. The van der Waals surface area contributed by atoms with Crippen LogP contribution in [0.2, 0.25) is 0 Å². The van der Waals surface area contributed by atoms with E-state index in [0.29, 0.717) is 13.1 Å². The summed E-state index contributed by atoms with van der Waals surface area (Å²) in [5, 5.41) is 3.11. The molecule has 1 saturated carbocycles. The number of rotatable bonds is 6. The third-order valence-corrected chi connectivity index (χ3v) is 4.93. The van der Waals surface area contributed by atoms with Gasteiger partial charge in [-0.25, -0.2) is 4.79 Å². The number of aryl methyl sites for hydroxylation is 1. The van der Waals surface area contributed by atoms with Gasteiger partial charge in [-0.3, -0.25) is 4.98 Å². The van der Waals surface area contributed by atoms with Gasteiger partial charge in [0, 0.05) is 37.9 Å². The van der Waals surface area contributed by atoms with Crippen LogP contribution in [-0.2, 0) is 11.8 Å². The second kappa shape index (κ2) is 7.04. The van der Waals surface area contributed by atoms with Crippen LogP contribution in [0.5, 0.6) is 0 Å². The zero-order chi connectivity index (χ0) is 17.0. The number of carbonyl (C=O) groups excluding carboxylic acids is 1. The maximum Gasteiger partial charge on any atom is 0.317 e. The molecule has 2 amide bonds. The Balaban J connectivity index is 1.49. The molecular weight excluding hydrogens is 298 g/mol. The number of pyridine rings is 1. The van der Waals surface area contributed by atoms with Crippen molar-refractivity contribution in [2.75, 3.05) is 20.1 Å². The molecule has 0 radical (unpaired) electrons. The number of amides is 2. The Hall–Kier alpha value is -2.36. The maximum atomic E-state index is 12.3. The fraction of sp³-hybridized carbons (Fsp3) is 0.400. The van der Waals surface area contributed by atoms with Gasteiger partial charge < -0.3 is 10.2 Å². The summed E-state index contributed by atoms with van der Waals surface area (Å²) in [7, 11) is 1.85. The average Bonchev–Trinajstić information content (AvgIpc) is 3.40. The van der Waals surface area contributed by atoms with Crippen LogP contribution < -0.4 is 5.32 Å². The molecule has 0 unspecified atom stereocenters. The molecule has 3 rings (SSSR count). The van der Waals surface area contributed by atoms with Crippen LogP contribution in [0.15, 0.2) is 48.8 Å². The van der Waals surface area contributed by atoms with Crippen molar-refractivity contribution in [2.45, 2.75) is 31.6 Å². The summed E-state index contributed by atoms with van der Waals surface area (Å²) in [6, 6.07) is 12.7. The summed E-state index contributed by atoms with van der Waals surface area (Å²) in [6.07, 6.45) is 6.71. The zero-order valence-electron chi connectivity index (χ0n) is 14.5. The molecule has 0 bridgehead atoms. The van der Waals surface area contributed by atoms with E-state index in [2.05, 4.69) is 41.5 Å². The molecule has 1 N–H and O–H groups in total. The van der Waals surface area contributed by atoms with E-state index in [9.17, 15) is 4.79 Å². The molecule has 1 fully saturated rings. The minimum Gasteiger partial charge on any atom is -0.337 e. The molecule has 0 aliphatic heterocycles. The predicted octanol–water partition coefficient (Wildman–Crippen LogP) is 3.31. The summed E-state index contributed by atoms with van der Waals surface area (Å²) in [5.41, 5.74) is 3.96. The van der Waals surface area contributed by atoms with Gasteiger partial charge in [0.15, 0.2) is 0 Å². The molecule has 1 aromatic carbocycles. The monoisotopic (exact) mass is 323 g/mol. The highest BCUT2D eigenvalue weighted by Gasteiger charge is 2.44. The smallest absolute Gasteiger partial charge is 0.317 e. The van der Waals surface area contributed by atoms with Crippen LogP contribution in [0.1, 0.15) is 29.5 Å². The number of carbonyl (C=O) groups is 1. The fourth-order valence-electron chi connectivity index (χ4n) is 2.95. The van der Waals surface area contributed by atoms with Gasteiger partial charge in [-0.15, -0.1) is 0 Å². The molecule has 0 saturated heterocycles. The summed E-state index contributed by atoms with van der Waals surface area (Å²) in [5.74, 6) is 0. The minimum absolute atomic E-state index is 0.00226. The van der Waals surface area contributed by atoms with E-state index in [1.54, 1.807) is 17.3 Å². The Bertz CT molecular complexity index is 678. The highest BCUT2D eigenvalue weighted by molar-refractivity contribution is 5.74. The van der Waals surface area contributed by atoms with Crippen molar-refractivity contribution >= 4 is 6.03 Å². The first-order valence-corrected chi connectivity index (χ1v) is 8.54. The molecule has 126 valence electrons. The lowest BCUT2D eigenvalue weighted by Crippen LogP contribution is -2.41. The number of hydrogen-bond acceptors (Lipinski definition) is 2. The predicted molar refractivity (Wildman–Crippen MR) is 96.1 cm³/mol. The van der Waals surface area contributed by atoms with Gasteiger partial charge in [-0.1, -0.05) is 29.8 Å². The van der Waals surface area contributed by atoms with Crippen LogP contribution in [0.25, 0.3) is 0 Å². The topological polar surface area (TPSA) is 45.2 Å². The molecule has 4 heteroatoms. The first-order valence-electron chi connectivity index (χ1n) is 8.54. The quantitative estimate of drug-likeness (QED) is 0.886. The second-order valence-electron chi connectivity index (χ2n) is 6.83. The summed E-state index contributed by atoms with van der Waals surface area (Å²) >= 11 is 0. The summed E-state index contributed by atoms with van der Waals surface area (Å²) in [4.78, 5) is 18.1. The number of nitrogens with zero attached hydrogens (tertiary/aromatic N) is 2. The molecule has 24 heavy (non-hydrogen) atoms. The lowest BCUT2D eigenvalue weighted by atomic mass is 9.95.